The average molecular weight is 372 g/mol. The Bertz CT molecular complexity index is 909. The Balaban J connectivity index is 1.70. The van der Waals surface area contributed by atoms with E-state index in [9.17, 15) is 13.2 Å². The molecule has 1 heterocycles. The number of rotatable bonds is 6. The smallest absolute Gasteiger partial charge is 0.235 e. The first-order valence-corrected chi connectivity index (χ1v) is 10.5. The van der Waals surface area contributed by atoms with Gasteiger partial charge in [0.1, 0.15) is 0 Å². The van der Waals surface area contributed by atoms with Crippen molar-refractivity contribution in [3.05, 3.63) is 59.7 Å². The summed E-state index contributed by atoms with van der Waals surface area (Å²) in [4.78, 5) is 14.3. The van der Waals surface area contributed by atoms with Crippen LogP contribution in [-0.2, 0) is 21.2 Å². The molecule has 2 aromatic rings. The molecule has 0 saturated carbocycles. The van der Waals surface area contributed by atoms with Crippen LogP contribution < -0.4 is 9.21 Å². The minimum absolute atomic E-state index is 0.0250. The monoisotopic (exact) mass is 372 g/mol. The summed E-state index contributed by atoms with van der Waals surface area (Å²) in [6.45, 7) is 4.82. The van der Waals surface area contributed by atoms with E-state index in [1.165, 1.54) is 4.31 Å². The second kappa shape index (κ2) is 7.50. The van der Waals surface area contributed by atoms with Gasteiger partial charge in [-0.15, -0.1) is 0 Å². The summed E-state index contributed by atoms with van der Waals surface area (Å²) in [6.07, 6.45) is 0.691. The molecule has 0 N–H and O–H groups in total. The summed E-state index contributed by atoms with van der Waals surface area (Å²) in [6, 6.07) is 15.2. The van der Waals surface area contributed by atoms with Crippen LogP contribution in [0.1, 0.15) is 24.5 Å². The van der Waals surface area contributed by atoms with E-state index < -0.39 is 10.0 Å². The number of benzene rings is 2. The molecule has 0 bridgehead atoms. The van der Waals surface area contributed by atoms with Crippen LogP contribution in [0, 0.1) is 6.92 Å². The third-order valence-corrected chi connectivity index (χ3v) is 6.46. The summed E-state index contributed by atoms with van der Waals surface area (Å²) >= 11 is 0. The van der Waals surface area contributed by atoms with Gasteiger partial charge in [-0.3, -0.25) is 9.10 Å². The van der Waals surface area contributed by atoms with Crippen molar-refractivity contribution in [2.24, 2.45) is 0 Å². The molecule has 1 amide bonds. The Hall–Kier alpha value is -2.34. The Labute approximate surface area is 155 Å². The number of amides is 1. The minimum atomic E-state index is -3.51. The predicted octanol–water partition coefficient (Wildman–Crippen LogP) is 3.13. The number of hydrogen-bond acceptors (Lipinski definition) is 3. The summed E-state index contributed by atoms with van der Waals surface area (Å²) in [7, 11) is -3.51. The van der Waals surface area contributed by atoms with Gasteiger partial charge >= 0.3 is 0 Å². The Morgan fingerprint density at radius 1 is 1.15 bits per heavy atom. The second-order valence-electron chi connectivity index (χ2n) is 6.49. The van der Waals surface area contributed by atoms with Crippen LogP contribution in [0.25, 0.3) is 0 Å². The fraction of sp³-hybridized carbons (Fsp3) is 0.350. The number of nitrogens with zero attached hydrogens (tertiary/aromatic N) is 2. The Morgan fingerprint density at radius 3 is 2.65 bits per heavy atom. The highest BCUT2D eigenvalue weighted by Gasteiger charge is 2.30. The number of fused-ring (bicyclic) bond motifs is 1. The number of carbonyl (C=O) groups excluding carboxylic acids is 1. The van der Waals surface area contributed by atoms with E-state index in [1.807, 2.05) is 62.4 Å². The first-order valence-electron chi connectivity index (χ1n) is 8.87. The van der Waals surface area contributed by atoms with Crippen LogP contribution in [0.4, 0.5) is 11.4 Å². The molecule has 0 spiro atoms. The summed E-state index contributed by atoms with van der Waals surface area (Å²) in [5.74, 6) is -0.350. The third kappa shape index (κ3) is 3.75. The van der Waals surface area contributed by atoms with Gasteiger partial charge in [-0.05, 0) is 49.6 Å². The topological polar surface area (TPSA) is 57.7 Å². The highest BCUT2D eigenvalue weighted by Crippen LogP contribution is 2.30. The lowest BCUT2D eigenvalue weighted by Crippen LogP contribution is -2.36. The van der Waals surface area contributed by atoms with Crippen molar-refractivity contribution >= 4 is 27.3 Å². The molecule has 6 heteroatoms. The minimum Gasteiger partial charge on any atom is -0.313 e. The van der Waals surface area contributed by atoms with Gasteiger partial charge in [-0.1, -0.05) is 30.3 Å². The molecule has 0 aliphatic carbocycles. The third-order valence-electron chi connectivity index (χ3n) is 4.68. The zero-order chi connectivity index (χ0) is 18.7. The molecular weight excluding hydrogens is 348 g/mol. The lowest BCUT2D eigenvalue weighted by molar-refractivity contribution is -0.118. The first kappa shape index (κ1) is 18.5. The number of hydrogen-bond donors (Lipinski definition) is 0. The second-order valence-corrected chi connectivity index (χ2v) is 8.51. The van der Waals surface area contributed by atoms with Gasteiger partial charge in [-0.2, -0.15) is 0 Å². The van der Waals surface area contributed by atoms with E-state index in [2.05, 4.69) is 0 Å². The molecule has 2 aromatic carbocycles. The van der Waals surface area contributed by atoms with E-state index in [4.69, 9.17) is 0 Å². The molecule has 0 fully saturated rings. The van der Waals surface area contributed by atoms with Crippen molar-refractivity contribution < 1.29 is 13.2 Å². The molecule has 3 rings (SSSR count). The van der Waals surface area contributed by atoms with Gasteiger partial charge in [0.15, 0.2) is 0 Å². The summed E-state index contributed by atoms with van der Waals surface area (Å²) in [5, 5.41) is 0. The molecule has 0 saturated heterocycles. The maximum absolute atomic E-state index is 12.8. The van der Waals surface area contributed by atoms with Gasteiger partial charge in [0.2, 0.25) is 15.9 Å². The number of sulfonamides is 1. The maximum Gasteiger partial charge on any atom is 0.235 e. The van der Waals surface area contributed by atoms with Crippen molar-refractivity contribution in [1.29, 1.82) is 0 Å². The van der Waals surface area contributed by atoms with Crippen molar-refractivity contribution in [3.63, 3.8) is 0 Å². The highest BCUT2D eigenvalue weighted by atomic mass is 32.2. The number of aryl methyl sites for hydroxylation is 1. The van der Waals surface area contributed by atoms with Crippen LogP contribution in [-0.4, -0.2) is 33.2 Å². The van der Waals surface area contributed by atoms with Crippen LogP contribution in [0.5, 0.6) is 0 Å². The standard InChI is InChI=1S/C20H24N2O3S/c1-3-21(18-9-6-7-16(2)15-18)20(23)12-14-26(24,25)22-13-11-17-8-4-5-10-19(17)22/h4-10,15H,3,11-14H2,1-2H3. The van der Waals surface area contributed by atoms with Gasteiger partial charge < -0.3 is 4.90 Å². The van der Waals surface area contributed by atoms with Gasteiger partial charge in [0, 0.05) is 25.2 Å². The molecule has 1 aliphatic heterocycles. The van der Waals surface area contributed by atoms with Crippen LogP contribution in [0.3, 0.4) is 0 Å². The van der Waals surface area contributed by atoms with E-state index in [0.29, 0.717) is 19.5 Å². The molecule has 0 unspecified atom stereocenters. The van der Waals surface area contributed by atoms with E-state index in [-0.39, 0.29) is 18.1 Å². The molecule has 0 aromatic heterocycles. The Morgan fingerprint density at radius 2 is 1.92 bits per heavy atom. The van der Waals surface area contributed by atoms with Crippen LogP contribution in [0.15, 0.2) is 48.5 Å². The zero-order valence-corrected chi connectivity index (χ0v) is 16.0. The predicted molar refractivity (Wildman–Crippen MR) is 105 cm³/mol. The van der Waals surface area contributed by atoms with Crippen molar-refractivity contribution in [2.75, 3.05) is 28.0 Å². The van der Waals surface area contributed by atoms with Gasteiger partial charge in [0.25, 0.3) is 0 Å². The number of para-hydroxylation sites is 1. The van der Waals surface area contributed by atoms with Crippen molar-refractivity contribution in [2.45, 2.75) is 26.7 Å². The molecule has 1 aliphatic rings. The quantitative estimate of drug-likeness (QED) is 0.783. The molecule has 0 atom stereocenters. The van der Waals surface area contributed by atoms with Crippen LogP contribution >= 0.6 is 0 Å². The SMILES string of the molecule is CCN(C(=O)CCS(=O)(=O)N1CCc2ccccc21)c1cccc(C)c1. The van der Waals surface area contributed by atoms with E-state index in [1.54, 1.807) is 4.90 Å². The molecule has 0 radical (unpaired) electrons. The van der Waals surface area contributed by atoms with E-state index >= 15 is 0 Å². The lowest BCUT2D eigenvalue weighted by Gasteiger charge is -2.23. The zero-order valence-electron chi connectivity index (χ0n) is 15.2. The Kier molecular flexibility index (Phi) is 5.32. The fourth-order valence-corrected chi connectivity index (χ4v) is 4.86. The largest absolute Gasteiger partial charge is 0.313 e. The fourth-order valence-electron chi connectivity index (χ4n) is 3.36. The summed E-state index contributed by atoms with van der Waals surface area (Å²) in [5.41, 5.74) is 3.65. The molecular formula is C20H24N2O3S. The van der Waals surface area contributed by atoms with E-state index in [0.717, 1.165) is 22.5 Å². The molecule has 138 valence electrons. The number of carbonyl (C=O) groups is 1. The van der Waals surface area contributed by atoms with Crippen molar-refractivity contribution in [1.82, 2.24) is 0 Å². The van der Waals surface area contributed by atoms with Gasteiger partial charge in [-0.25, -0.2) is 8.42 Å². The highest BCUT2D eigenvalue weighted by molar-refractivity contribution is 7.92. The van der Waals surface area contributed by atoms with Crippen molar-refractivity contribution in [3.8, 4) is 0 Å². The lowest BCUT2D eigenvalue weighted by atomic mass is 10.2. The number of anilines is 2. The normalized spacial score (nSPS) is 13.5. The average Bonchev–Trinajstić information content (AvgIpc) is 3.06. The molecule has 5 nitrogen and oxygen atoms in total. The molecule has 26 heavy (non-hydrogen) atoms. The van der Waals surface area contributed by atoms with Crippen LogP contribution in [0.2, 0.25) is 0 Å². The summed E-state index contributed by atoms with van der Waals surface area (Å²) < 4.78 is 27.0. The maximum atomic E-state index is 12.8. The van der Waals surface area contributed by atoms with Gasteiger partial charge in [0.05, 0.1) is 11.4 Å². The first-order chi connectivity index (χ1) is 12.4.